The summed E-state index contributed by atoms with van der Waals surface area (Å²) in [6.45, 7) is 3.32. The van der Waals surface area contributed by atoms with Crippen LogP contribution >= 0.6 is 0 Å². The molecule has 1 aliphatic rings. The van der Waals surface area contributed by atoms with Gasteiger partial charge in [0.1, 0.15) is 18.3 Å². The van der Waals surface area contributed by atoms with Gasteiger partial charge in [0, 0.05) is 18.8 Å². The first-order valence-electron chi connectivity index (χ1n) is 6.39. The topological polar surface area (TPSA) is 79.7 Å². The predicted molar refractivity (Wildman–Crippen MR) is 67.5 cm³/mol. The molecule has 2 aromatic rings. The quantitative estimate of drug-likeness (QED) is 0.865. The normalized spacial score (nSPS) is 19.6. The van der Waals surface area contributed by atoms with E-state index in [0.29, 0.717) is 12.2 Å². The number of aryl methyl sites for hydroxylation is 1. The molecular weight excluding hydrogens is 244 g/mol. The van der Waals surface area contributed by atoms with Gasteiger partial charge < -0.3 is 4.90 Å². The molecule has 7 heteroatoms. The smallest absolute Gasteiger partial charge is 0.274 e. The molecule has 0 aromatic carbocycles. The van der Waals surface area contributed by atoms with Gasteiger partial charge in [0.2, 0.25) is 0 Å². The molecule has 0 radical (unpaired) electrons. The molecular formula is C12H16N6O. The Hall–Kier alpha value is -2.18. The van der Waals surface area contributed by atoms with Crippen molar-refractivity contribution in [3.05, 3.63) is 30.1 Å². The van der Waals surface area contributed by atoms with Crippen LogP contribution in [0, 0.1) is 6.92 Å². The number of H-pyrrole nitrogens is 1. The molecule has 1 atom stereocenters. The average molecular weight is 260 g/mol. The van der Waals surface area contributed by atoms with Gasteiger partial charge in [-0.15, -0.1) is 0 Å². The lowest BCUT2D eigenvalue weighted by Gasteiger charge is -2.32. The van der Waals surface area contributed by atoms with Crippen molar-refractivity contribution in [2.24, 2.45) is 0 Å². The van der Waals surface area contributed by atoms with Crippen molar-refractivity contribution in [2.75, 3.05) is 13.1 Å². The number of aromatic amines is 1. The van der Waals surface area contributed by atoms with Gasteiger partial charge in [-0.25, -0.2) is 9.67 Å². The van der Waals surface area contributed by atoms with Crippen LogP contribution in [0.15, 0.2) is 18.7 Å². The first kappa shape index (κ1) is 11.9. The largest absolute Gasteiger partial charge is 0.335 e. The van der Waals surface area contributed by atoms with E-state index < -0.39 is 0 Å². The summed E-state index contributed by atoms with van der Waals surface area (Å²) in [5.74, 6) is -0.0193. The summed E-state index contributed by atoms with van der Waals surface area (Å²) in [6.07, 6.45) is 5.22. The maximum Gasteiger partial charge on any atom is 0.274 e. The van der Waals surface area contributed by atoms with Crippen LogP contribution < -0.4 is 0 Å². The zero-order valence-corrected chi connectivity index (χ0v) is 10.8. The molecule has 1 aliphatic heterocycles. The Balaban J connectivity index is 1.73. The number of likely N-dealkylation sites (tertiary alicyclic amines) is 1. The molecule has 100 valence electrons. The fourth-order valence-corrected chi connectivity index (χ4v) is 2.45. The van der Waals surface area contributed by atoms with Crippen LogP contribution in [0.3, 0.4) is 0 Å². The van der Waals surface area contributed by atoms with Crippen molar-refractivity contribution in [3.63, 3.8) is 0 Å². The van der Waals surface area contributed by atoms with Crippen molar-refractivity contribution in [3.8, 4) is 0 Å². The van der Waals surface area contributed by atoms with Gasteiger partial charge in [-0.3, -0.25) is 9.89 Å². The first-order chi connectivity index (χ1) is 9.24. The van der Waals surface area contributed by atoms with Crippen molar-refractivity contribution >= 4 is 5.91 Å². The van der Waals surface area contributed by atoms with Crippen LogP contribution in [0.2, 0.25) is 0 Å². The summed E-state index contributed by atoms with van der Waals surface area (Å²) in [5, 5.41) is 11.0. The minimum absolute atomic E-state index is 0.0193. The van der Waals surface area contributed by atoms with Gasteiger partial charge in [0.05, 0.1) is 6.04 Å². The average Bonchev–Trinajstić information content (AvgIpc) is 3.09. The third-order valence-electron chi connectivity index (χ3n) is 3.42. The Bertz CT molecular complexity index is 561. The van der Waals surface area contributed by atoms with Crippen LogP contribution in [0.5, 0.6) is 0 Å². The van der Waals surface area contributed by atoms with E-state index in [1.807, 2.05) is 16.5 Å². The highest BCUT2D eigenvalue weighted by Crippen LogP contribution is 2.21. The van der Waals surface area contributed by atoms with Gasteiger partial charge in [-0.05, 0) is 25.8 Å². The number of nitrogens with one attached hydrogen (secondary N) is 1. The lowest BCUT2D eigenvalue weighted by Crippen LogP contribution is -2.41. The van der Waals surface area contributed by atoms with E-state index in [4.69, 9.17) is 0 Å². The van der Waals surface area contributed by atoms with Crippen molar-refractivity contribution in [1.82, 2.24) is 29.9 Å². The number of hydrogen-bond acceptors (Lipinski definition) is 4. The summed E-state index contributed by atoms with van der Waals surface area (Å²) >= 11 is 0. The van der Waals surface area contributed by atoms with Crippen LogP contribution in [-0.2, 0) is 0 Å². The Morgan fingerprint density at radius 3 is 3.11 bits per heavy atom. The number of amides is 1. The fourth-order valence-electron chi connectivity index (χ4n) is 2.45. The molecule has 7 nitrogen and oxygen atoms in total. The maximum absolute atomic E-state index is 12.3. The van der Waals surface area contributed by atoms with Crippen LogP contribution in [-0.4, -0.2) is 48.9 Å². The highest BCUT2D eigenvalue weighted by Gasteiger charge is 2.26. The molecule has 1 amide bonds. The minimum Gasteiger partial charge on any atom is -0.335 e. The molecule has 1 saturated heterocycles. The summed E-state index contributed by atoms with van der Waals surface area (Å²) in [7, 11) is 0. The van der Waals surface area contributed by atoms with E-state index in [-0.39, 0.29) is 11.9 Å². The monoisotopic (exact) mass is 260 g/mol. The van der Waals surface area contributed by atoms with E-state index in [1.54, 1.807) is 12.4 Å². The molecule has 0 saturated carbocycles. The minimum atomic E-state index is -0.0193. The number of piperidine rings is 1. The molecule has 19 heavy (non-hydrogen) atoms. The summed E-state index contributed by atoms with van der Waals surface area (Å²) in [5.41, 5.74) is 1.38. The Labute approximate surface area is 110 Å². The number of carbonyl (C=O) groups is 1. The van der Waals surface area contributed by atoms with Crippen molar-refractivity contribution in [1.29, 1.82) is 0 Å². The van der Waals surface area contributed by atoms with Crippen molar-refractivity contribution in [2.45, 2.75) is 25.8 Å². The Kier molecular flexibility index (Phi) is 3.02. The van der Waals surface area contributed by atoms with Gasteiger partial charge in [-0.1, -0.05) is 0 Å². The molecule has 3 rings (SSSR count). The summed E-state index contributed by atoms with van der Waals surface area (Å²) < 4.78 is 1.83. The molecule has 0 spiro atoms. The third-order valence-corrected chi connectivity index (χ3v) is 3.42. The molecule has 0 bridgehead atoms. The van der Waals surface area contributed by atoms with Gasteiger partial charge in [-0.2, -0.15) is 10.2 Å². The van der Waals surface area contributed by atoms with Crippen LogP contribution in [0.1, 0.15) is 35.1 Å². The highest BCUT2D eigenvalue weighted by molar-refractivity contribution is 5.92. The maximum atomic E-state index is 12.3. The molecule has 3 heterocycles. The molecule has 1 fully saturated rings. The van der Waals surface area contributed by atoms with E-state index in [1.165, 1.54) is 6.33 Å². The zero-order chi connectivity index (χ0) is 13.2. The third kappa shape index (κ3) is 2.35. The molecule has 0 aliphatic carbocycles. The van der Waals surface area contributed by atoms with E-state index in [9.17, 15) is 4.79 Å². The second-order valence-corrected chi connectivity index (χ2v) is 4.86. The molecule has 0 unspecified atom stereocenters. The standard InChI is InChI=1S/C12H16N6O/c1-9-5-11(16-15-9)12(19)17-4-2-3-10(6-17)18-8-13-7-14-18/h5,7-8,10H,2-4,6H2,1H3,(H,15,16)/t10-/m0/s1. The van der Waals surface area contributed by atoms with Crippen LogP contribution in [0.25, 0.3) is 0 Å². The lowest BCUT2D eigenvalue weighted by atomic mass is 10.1. The zero-order valence-electron chi connectivity index (χ0n) is 10.8. The van der Waals surface area contributed by atoms with Gasteiger partial charge in [0.25, 0.3) is 5.91 Å². The second-order valence-electron chi connectivity index (χ2n) is 4.86. The SMILES string of the molecule is Cc1cc(C(=O)N2CCC[C@H](n3cncn3)C2)n[nH]1. The number of carbonyl (C=O) groups excluding carboxylic acids is 1. The molecule has 1 N–H and O–H groups in total. The predicted octanol–water partition coefficient (Wildman–Crippen LogP) is 0.787. The van der Waals surface area contributed by atoms with Crippen LogP contribution in [0.4, 0.5) is 0 Å². The number of hydrogen-bond donors (Lipinski definition) is 1. The van der Waals surface area contributed by atoms with Crippen molar-refractivity contribution < 1.29 is 4.79 Å². The van der Waals surface area contributed by atoms with E-state index in [2.05, 4.69) is 20.3 Å². The number of rotatable bonds is 2. The number of aromatic nitrogens is 5. The van der Waals surface area contributed by atoms with Gasteiger partial charge >= 0.3 is 0 Å². The first-order valence-corrected chi connectivity index (χ1v) is 6.39. The fraction of sp³-hybridized carbons (Fsp3) is 0.500. The highest BCUT2D eigenvalue weighted by atomic mass is 16.2. The van der Waals surface area contributed by atoms with E-state index >= 15 is 0 Å². The number of nitrogens with zero attached hydrogens (tertiary/aromatic N) is 5. The Morgan fingerprint density at radius 1 is 1.53 bits per heavy atom. The summed E-state index contributed by atoms with van der Waals surface area (Å²) in [6, 6.07) is 1.99. The second kappa shape index (κ2) is 4.83. The lowest BCUT2D eigenvalue weighted by molar-refractivity contribution is 0.0666. The molecule has 2 aromatic heterocycles. The Morgan fingerprint density at radius 2 is 2.42 bits per heavy atom. The summed E-state index contributed by atoms with van der Waals surface area (Å²) in [4.78, 5) is 18.1. The van der Waals surface area contributed by atoms with Gasteiger partial charge in [0.15, 0.2) is 0 Å². The van der Waals surface area contributed by atoms with E-state index in [0.717, 1.165) is 25.1 Å².